The van der Waals surface area contributed by atoms with Crippen molar-refractivity contribution in [1.29, 1.82) is 0 Å². The van der Waals surface area contributed by atoms with Gasteiger partial charge in [0, 0.05) is 31.3 Å². The molecule has 3 nitrogen and oxygen atoms in total. The second-order valence-electron chi connectivity index (χ2n) is 4.45. The fourth-order valence-electron chi connectivity index (χ4n) is 2.03. The van der Waals surface area contributed by atoms with E-state index in [1.165, 1.54) is 16.3 Å². The summed E-state index contributed by atoms with van der Waals surface area (Å²) in [7, 11) is 1.72. The number of fused-ring (bicyclic) bond motifs is 1. The first-order chi connectivity index (χ1) is 8.76. The minimum absolute atomic E-state index is 0.193. The Morgan fingerprint density at radius 2 is 1.89 bits per heavy atom. The monoisotopic (exact) mass is 244 g/mol. The molecule has 18 heavy (non-hydrogen) atoms. The molecule has 0 fully saturated rings. The van der Waals surface area contributed by atoms with E-state index >= 15 is 0 Å². The molecule has 0 aromatic heterocycles. The Hall–Kier alpha value is -1.58. The summed E-state index contributed by atoms with van der Waals surface area (Å²) in [6.07, 6.45) is 0.193. The minimum atomic E-state index is 0.193. The van der Waals surface area contributed by atoms with Crippen LogP contribution in [0.1, 0.15) is 12.5 Å². The Morgan fingerprint density at radius 1 is 1.17 bits per heavy atom. The molecule has 0 aliphatic carbocycles. The number of nitrogens with two attached hydrogens (primary N) is 1. The quantitative estimate of drug-likeness (QED) is 0.850. The summed E-state index contributed by atoms with van der Waals surface area (Å²) in [5.74, 6) is 0. The van der Waals surface area contributed by atoms with Crippen LogP contribution in [-0.4, -0.2) is 19.8 Å². The van der Waals surface area contributed by atoms with E-state index in [0.29, 0.717) is 6.54 Å². The summed E-state index contributed by atoms with van der Waals surface area (Å²) in [6, 6.07) is 12.5. The highest BCUT2D eigenvalue weighted by molar-refractivity contribution is 5.96. The highest BCUT2D eigenvalue weighted by Gasteiger charge is 2.05. The van der Waals surface area contributed by atoms with Gasteiger partial charge in [-0.15, -0.1) is 0 Å². The van der Waals surface area contributed by atoms with Gasteiger partial charge in [0.15, 0.2) is 0 Å². The van der Waals surface area contributed by atoms with Gasteiger partial charge in [0.05, 0.1) is 6.10 Å². The van der Waals surface area contributed by atoms with E-state index in [1.807, 2.05) is 19.1 Å². The van der Waals surface area contributed by atoms with Crippen LogP contribution in [0, 0.1) is 0 Å². The average Bonchev–Trinajstić information content (AvgIpc) is 2.44. The van der Waals surface area contributed by atoms with Crippen molar-refractivity contribution in [3.8, 4) is 0 Å². The minimum Gasteiger partial charge on any atom is -0.382 e. The smallest absolute Gasteiger partial charge is 0.0715 e. The van der Waals surface area contributed by atoms with E-state index in [2.05, 4.69) is 29.6 Å². The molecule has 2 aromatic rings. The molecule has 0 aliphatic rings. The number of methoxy groups -OCH3 is 1. The Balaban J connectivity index is 2.34. The van der Waals surface area contributed by atoms with Crippen LogP contribution < -0.4 is 11.1 Å². The molecule has 0 heterocycles. The van der Waals surface area contributed by atoms with Crippen molar-refractivity contribution in [2.45, 2.75) is 19.6 Å². The zero-order chi connectivity index (χ0) is 13.0. The van der Waals surface area contributed by atoms with E-state index < -0.39 is 0 Å². The van der Waals surface area contributed by atoms with Gasteiger partial charge in [-0.05, 0) is 23.9 Å². The lowest BCUT2D eigenvalue weighted by atomic mass is 10.0. The van der Waals surface area contributed by atoms with E-state index in [-0.39, 0.29) is 6.10 Å². The molecule has 0 saturated heterocycles. The van der Waals surface area contributed by atoms with Crippen molar-refractivity contribution in [3.63, 3.8) is 0 Å². The molecule has 1 atom stereocenters. The highest BCUT2D eigenvalue weighted by atomic mass is 16.5. The molecule has 96 valence electrons. The van der Waals surface area contributed by atoms with Crippen molar-refractivity contribution in [1.82, 2.24) is 0 Å². The predicted molar refractivity (Wildman–Crippen MR) is 76.8 cm³/mol. The Labute approximate surface area is 108 Å². The lowest BCUT2D eigenvalue weighted by Gasteiger charge is -2.15. The molecule has 3 N–H and O–H groups in total. The Kier molecular flexibility index (Phi) is 4.18. The molecular weight excluding hydrogens is 224 g/mol. The molecule has 2 aromatic carbocycles. The second kappa shape index (κ2) is 5.85. The molecule has 2 rings (SSSR count). The molecule has 0 bridgehead atoms. The van der Waals surface area contributed by atoms with Crippen molar-refractivity contribution < 1.29 is 4.74 Å². The zero-order valence-corrected chi connectivity index (χ0v) is 10.9. The third-order valence-electron chi connectivity index (χ3n) is 3.22. The van der Waals surface area contributed by atoms with Gasteiger partial charge in [0.1, 0.15) is 0 Å². The lowest BCUT2D eigenvalue weighted by Crippen LogP contribution is -2.18. The van der Waals surface area contributed by atoms with Crippen LogP contribution in [0.3, 0.4) is 0 Å². The van der Waals surface area contributed by atoms with Gasteiger partial charge in [-0.25, -0.2) is 0 Å². The summed E-state index contributed by atoms with van der Waals surface area (Å²) < 4.78 is 5.25. The van der Waals surface area contributed by atoms with E-state index in [0.717, 1.165) is 12.2 Å². The van der Waals surface area contributed by atoms with Gasteiger partial charge in [-0.2, -0.15) is 0 Å². The van der Waals surface area contributed by atoms with Gasteiger partial charge in [-0.1, -0.05) is 30.3 Å². The predicted octanol–water partition coefficient (Wildman–Crippen LogP) is 2.75. The number of anilines is 1. The maximum absolute atomic E-state index is 5.77. The van der Waals surface area contributed by atoms with Crippen LogP contribution in [0.15, 0.2) is 36.4 Å². The number of ether oxygens (including phenoxy) is 1. The van der Waals surface area contributed by atoms with Gasteiger partial charge >= 0.3 is 0 Å². The third kappa shape index (κ3) is 2.63. The maximum atomic E-state index is 5.77. The van der Waals surface area contributed by atoms with Crippen molar-refractivity contribution >= 4 is 16.5 Å². The van der Waals surface area contributed by atoms with E-state index in [4.69, 9.17) is 10.5 Å². The van der Waals surface area contributed by atoms with Gasteiger partial charge in [-0.3, -0.25) is 0 Å². The summed E-state index contributed by atoms with van der Waals surface area (Å²) in [5, 5.41) is 5.85. The first-order valence-electron chi connectivity index (χ1n) is 6.23. The van der Waals surface area contributed by atoms with Gasteiger partial charge in [0.2, 0.25) is 0 Å². The van der Waals surface area contributed by atoms with Crippen molar-refractivity contribution in [2.24, 2.45) is 5.73 Å². The van der Waals surface area contributed by atoms with Crippen LogP contribution >= 0.6 is 0 Å². The average molecular weight is 244 g/mol. The van der Waals surface area contributed by atoms with E-state index in [9.17, 15) is 0 Å². The fraction of sp³-hybridized carbons (Fsp3) is 0.333. The first-order valence-corrected chi connectivity index (χ1v) is 6.23. The van der Waals surface area contributed by atoms with Crippen LogP contribution in [-0.2, 0) is 11.3 Å². The number of hydrogen-bond acceptors (Lipinski definition) is 3. The van der Waals surface area contributed by atoms with Crippen molar-refractivity contribution in [2.75, 3.05) is 19.0 Å². The van der Waals surface area contributed by atoms with Crippen LogP contribution in [0.2, 0.25) is 0 Å². The normalized spacial score (nSPS) is 12.6. The molecule has 0 spiro atoms. The molecule has 0 amide bonds. The molecule has 1 unspecified atom stereocenters. The Bertz CT molecular complexity index is 525. The number of nitrogens with one attached hydrogen (secondary N) is 1. The van der Waals surface area contributed by atoms with Crippen LogP contribution in [0.5, 0.6) is 0 Å². The first kappa shape index (κ1) is 12.9. The number of rotatable bonds is 5. The number of hydrogen-bond donors (Lipinski definition) is 2. The molecule has 0 radical (unpaired) electrons. The maximum Gasteiger partial charge on any atom is 0.0715 e. The highest BCUT2D eigenvalue weighted by Crippen LogP contribution is 2.26. The Morgan fingerprint density at radius 3 is 2.56 bits per heavy atom. The lowest BCUT2D eigenvalue weighted by molar-refractivity contribution is 0.129. The molecule has 0 aliphatic heterocycles. The third-order valence-corrected chi connectivity index (χ3v) is 3.22. The van der Waals surface area contributed by atoms with Crippen LogP contribution in [0.4, 0.5) is 5.69 Å². The largest absolute Gasteiger partial charge is 0.382 e. The summed E-state index contributed by atoms with van der Waals surface area (Å²) in [5.41, 5.74) is 8.08. The standard InChI is InChI=1S/C15H20N2O/c1-11(18-2)10-17-15-8-7-12(9-16)13-5-3-4-6-14(13)15/h3-8,11,17H,9-10,16H2,1-2H3. The summed E-state index contributed by atoms with van der Waals surface area (Å²) >= 11 is 0. The molecular formula is C15H20N2O. The van der Waals surface area contributed by atoms with E-state index in [1.54, 1.807) is 7.11 Å². The fourth-order valence-corrected chi connectivity index (χ4v) is 2.03. The van der Waals surface area contributed by atoms with Gasteiger partial charge in [0.25, 0.3) is 0 Å². The molecule has 0 saturated carbocycles. The van der Waals surface area contributed by atoms with Gasteiger partial charge < -0.3 is 15.8 Å². The number of benzene rings is 2. The van der Waals surface area contributed by atoms with Crippen molar-refractivity contribution in [3.05, 3.63) is 42.0 Å². The SMILES string of the molecule is COC(C)CNc1ccc(CN)c2ccccc12. The summed E-state index contributed by atoms with van der Waals surface area (Å²) in [4.78, 5) is 0. The topological polar surface area (TPSA) is 47.3 Å². The second-order valence-corrected chi connectivity index (χ2v) is 4.45. The summed E-state index contributed by atoms with van der Waals surface area (Å²) in [6.45, 7) is 3.40. The molecule has 3 heteroatoms. The van der Waals surface area contributed by atoms with Crippen LogP contribution in [0.25, 0.3) is 10.8 Å². The zero-order valence-electron chi connectivity index (χ0n) is 10.9.